The Morgan fingerprint density at radius 2 is 2.19 bits per heavy atom. The van der Waals surface area contributed by atoms with Crippen molar-refractivity contribution in [2.75, 3.05) is 26.2 Å². The van der Waals surface area contributed by atoms with Gasteiger partial charge in [-0.15, -0.1) is 11.3 Å². The van der Waals surface area contributed by atoms with Gasteiger partial charge in [-0.05, 0) is 32.0 Å². The van der Waals surface area contributed by atoms with E-state index in [0.717, 1.165) is 22.7 Å². The lowest BCUT2D eigenvalue weighted by Crippen LogP contribution is -2.32. The normalized spacial score (nSPS) is 11.0. The SMILES string of the molecule is CCCN(CCO)CC(=O)c1ccc(C)s1. The van der Waals surface area contributed by atoms with Gasteiger partial charge < -0.3 is 5.11 Å². The lowest BCUT2D eigenvalue weighted by atomic mass is 10.3. The minimum absolute atomic E-state index is 0.108. The number of carbonyl (C=O) groups is 1. The number of nitrogens with zero attached hydrogens (tertiary/aromatic N) is 1. The number of aliphatic hydroxyl groups is 1. The van der Waals surface area contributed by atoms with Gasteiger partial charge in [-0.25, -0.2) is 0 Å². The van der Waals surface area contributed by atoms with E-state index < -0.39 is 0 Å². The predicted molar refractivity (Wildman–Crippen MR) is 67.2 cm³/mol. The van der Waals surface area contributed by atoms with E-state index in [2.05, 4.69) is 6.92 Å². The Hall–Kier alpha value is -0.710. The first-order valence-corrected chi connectivity index (χ1v) is 6.42. The van der Waals surface area contributed by atoms with E-state index in [4.69, 9.17) is 5.11 Å². The molecule has 3 nitrogen and oxygen atoms in total. The number of aryl methyl sites for hydroxylation is 1. The standard InChI is InChI=1S/C12H19NO2S/c1-3-6-13(7-8-14)9-11(15)12-5-4-10(2)16-12/h4-5,14H,3,6-9H2,1-2H3. The molecular formula is C12H19NO2S. The molecule has 1 aromatic heterocycles. The average molecular weight is 241 g/mol. The number of rotatable bonds is 7. The smallest absolute Gasteiger partial charge is 0.186 e. The molecule has 0 bridgehead atoms. The van der Waals surface area contributed by atoms with Crippen LogP contribution in [-0.4, -0.2) is 42.0 Å². The van der Waals surface area contributed by atoms with Crippen molar-refractivity contribution < 1.29 is 9.90 Å². The fourth-order valence-corrected chi connectivity index (χ4v) is 2.39. The molecule has 1 rings (SSSR count). The number of hydrogen-bond acceptors (Lipinski definition) is 4. The number of carbonyl (C=O) groups excluding carboxylic acids is 1. The van der Waals surface area contributed by atoms with Crippen LogP contribution in [0.5, 0.6) is 0 Å². The molecule has 0 aliphatic carbocycles. The first-order valence-electron chi connectivity index (χ1n) is 5.60. The highest BCUT2D eigenvalue weighted by Crippen LogP contribution is 2.15. The molecular weight excluding hydrogens is 222 g/mol. The fourth-order valence-electron chi connectivity index (χ4n) is 1.59. The molecule has 1 N–H and O–H groups in total. The largest absolute Gasteiger partial charge is 0.395 e. The quantitative estimate of drug-likeness (QED) is 0.742. The Morgan fingerprint density at radius 3 is 2.69 bits per heavy atom. The van der Waals surface area contributed by atoms with Gasteiger partial charge in [-0.3, -0.25) is 9.69 Å². The summed E-state index contributed by atoms with van der Waals surface area (Å²) in [6.45, 7) is 6.02. The van der Waals surface area contributed by atoms with Crippen LogP contribution in [0.1, 0.15) is 27.9 Å². The van der Waals surface area contributed by atoms with Gasteiger partial charge in [0.05, 0.1) is 18.0 Å². The summed E-state index contributed by atoms with van der Waals surface area (Å²) in [7, 11) is 0. The number of thiophene rings is 1. The van der Waals surface area contributed by atoms with Gasteiger partial charge >= 0.3 is 0 Å². The third kappa shape index (κ3) is 4.04. The molecule has 0 spiro atoms. The van der Waals surface area contributed by atoms with E-state index in [-0.39, 0.29) is 12.4 Å². The van der Waals surface area contributed by atoms with Crippen LogP contribution in [0, 0.1) is 6.92 Å². The van der Waals surface area contributed by atoms with E-state index >= 15 is 0 Å². The number of aliphatic hydroxyl groups excluding tert-OH is 1. The van der Waals surface area contributed by atoms with Crippen molar-refractivity contribution in [3.05, 3.63) is 21.9 Å². The predicted octanol–water partition coefficient (Wildman–Crippen LogP) is 1.94. The second-order valence-corrected chi connectivity index (χ2v) is 5.12. The second-order valence-electron chi connectivity index (χ2n) is 3.83. The topological polar surface area (TPSA) is 40.5 Å². The summed E-state index contributed by atoms with van der Waals surface area (Å²) in [4.78, 5) is 15.9. The lowest BCUT2D eigenvalue weighted by molar-refractivity contribution is 0.0919. The van der Waals surface area contributed by atoms with Crippen LogP contribution in [0.25, 0.3) is 0 Å². The van der Waals surface area contributed by atoms with Crippen LogP contribution in [0.4, 0.5) is 0 Å². The van der Waals surface area contributed by atoms with Gasteiger partial charge in [0.2, 0.25) is 0 Å². The van der Waals surface area contributed by atoms with Crippen molar-refractivity contribution in [1.82, 2.24) is 4.90 Å². The summed E-state index contributed by atoms with van der Waals surface area (Å²) in [5.41, 5.74) is 0. The van der Waals surface area contributed by atoms with Crippen molar-refractivity contribution >= 4 is 17.1 Å². The summed E-state index contributed by atoms with van der Waals surface area (Å²) in [5.74, 6) is 0.153. The minimum atomic E-state index is 0.108. The molecule has 0 amide bonds. The molecule has 0 unspecified atom stereocenters. The van der Waals surface area contributed by atoms with Crippen LogP contribution in [0.2, 0.25) is 0 Å². The molecule has 0 saturated heterocycles. The fraction of sp³-hybridized carbons (Fsp3) is 0.583. The van der Waals surface area contributed by atoms with Gasteiger partial charge in [0.1, 0.15) is 0 Å². The third-order valence-corrected chi connectivity index (χ3v) is 3.38. The molecule has 90 valence electrons. The summed E-state index contributed by atoms with van der Waals surface area (Å²) in [5, 5.41) is 8.90. The zero-order valence-electron chi connectivity index (χ0n) is 9.90. The van der Waals surface area contributed by atoms with E-state index in [1.165, 1.54) is 11.3 Å². The van der Waals surface area contributed by atoms with Crippen LogP contribution in [0.15, 0.2) is 12.1 Å². The zero-order chi connectivity index (χ0) is 12.0. The third-order valence-electron chi connectivity index (χ3n) is 2.34. The summed E-state index contributed by atoms with van der Waals surface area (Å²) in [6, 6.07) is 3.85. The lowest BCUT2D eigenvalue weighted by Gasteiger charge is -2.18. The Balaban J connectivity index is 2.54. The highest BCUT2D eigenvalue weighted by atomic mass is 32.1. The van der Waals surface area contributed by atoms with Gasteiger partial charge in [0, 0.05) is 11.4 Å². The van der Waals surface area contributed by atoms with Crippen LogP contribution < -0.4 is 0 Å². The van der Waals surface area contributed by atoms with Crippen LogP contribution in [-0.2, 0) is 0 Å². The van der Waals surface area contributed by atoms with E-state index in [1.54, 1.807) is 0 Å². The summed E-state index contributed by atoms with van der Waals surface area (Å²) >= 11 is 1.54. The molecule has 0 saturated carbocycles. The van der Waals surface area contributed by atoms with Crippen molar-refractivity contribution in [3.8, 4) is 0 Å². The summed E-state index contributed by atoms with van der Waals surface area (Å²) in [6.07, 6.45) is 0.997. The maximum absolute atomic E-state index is 11.9. The van der Waals surface area contributed by atoms with Crippen molar-refractivity contribution in [2.24, 2.45) is 0 Å². The Labute approximate surface area is 101 Å². The van der Waals surface area contributed by atoms with Gasteiger partial charge in [-0.1, -0.05) is 6.92 Å². The molecule has 0 radical (unpaired) electrons. The molecule has 0 atom stereocenters. The molecule has 0 aliphatic rings. The first kappa shape index (κ1) is 13.4. The molecule has 1 heterocycles. The highest BCUT2D eigenvalue weighted by molar-refractivity contribution is 7.14. The van der Waals surface area contributed by atoms with Crippen molar-refractivity contribution in [3.63, 3.8) is 0 Å². The maximum atomic E-state index is 11.9. The minimum Gasteiger partial charge on any atom is -0.395 e. The number of Topliss-reactive ketones (excluding diaryl/α,β-unsaturated/α-hetero) is 1. The van der Waals surface area contributed by atoms with Crippen molar-refractivity contribution in [2.45, 2.75) is 20.3 Å². The molecule has 1 aromatic rings. The van der Waals surface area contributed by atoms with Gasteiger partial charge in [0.15, 0.2) is 5.78 Å². The second kappa shape index (κ2) is 6.78. The Morgan fingerprint density at radius 1 is 1.44 bits per heavy atom. The molecule has 4 heteroatoms. The van der Waals surface area contributed by atoms with Gasteiger partial charge in [-0.2, -0.15) is 0 Å². The molecule has 16 heavy (non-hydrogen) atoms. The van der Waals surface area contributed by atoms with Crippen LogP contribution >= 0.6 is 11.3 Å². The van der Waals surface area contributed by atoms with Crippen LogP contribution in [0.3, 0.4) is 0 Å². The van der Waals surface area contributed by atoms with E-state index in [0.29, 0.717) is 13.1 Å². The van der Waals surface area contributed by atoms with Crippen molar-refractivity contribution in [1.29, 1.82) is 0 Å². The first-order chi connectivity index (χ1) is 7.67. The monoisotopic (exact) mass is 241 g/mol. The zero-order valence-corrected chi connectivity index (χ0v) is 10.7. The maximum Gasteiger partial charge on any atom is 0.186 e. The number of ketones is 1. The molecule has 0 aromatic carbocycles. The number of hydrogen-bond donors (Lipinski definition) is 1. The Bertz CT molecular complexity index is 330. The Kier molecular flexibility index (Phi) is 5.66. The highest BCUT2D eigenvalue weighted by Gasteiger charge is 2.12. The molecule has 0 fully saturated rings. The van der Waals surface area contributed by atoms with E-state index in [1.807, 2.05) is 24.0 Å². The average Bonchev–Trinajstić information content (AvgIpc) is 2.65. The van der Waals surface area contributed by atoms with E-state index in [9.17, 15) is 4.79 Å². The summed E-state index contributed by atoms with van der Waals surface area (Å²) < 4.78 is 0. The molecule has 0 aliphatic heterocycles. The van der Waals surface area contributed by atoms with Gasteiger partial charge in [0.25, 0.3) is 0 Å².